The summed E-state index contributed by atoms with van der Waals surface area (Å²) >= 11 is 6.72. The molecule has 1 aromatic carbocycles. The number of methoxy groups -OCH3 is 1. The van der Waals surface area contributed by atoms with Crippen LogP contribution in [0.5, 0.6) is 0 Å². The van der Waals surface area contributed by atoms with E-state index in [9.17, 15) is 4.79 Å². The number of anilines is 1. The van der Waals surface area contributed by atoms with Gasteiger partial charge in [0.25, 0.3) is 0 Å². The normalized spacial score (nSPS) is 18.5. The van der Waals surface area contributed by atoms with Crippen molar-refractivity contribution in [2.45, 2.75) is 18.5 Å². The molecule has 1 fully saturated rings. The molecular weight excluding hydrogens is 442 g/mol. The zero-order valence-electron chi connectivity index (χ0n) is 18.4. The molecule has 170 valence electrons. The van der Waals surface area contributed by atoms with Gasteiger partial charge in [-0.15, -0.1) is 0 Å². The van der Waals surface area contributed by atoms with E-state index >= 15 is 0 Å². The van der Waals surface area contributed by atoms with E-state index in [4.69, 9.17) is 22.1 Å². The van der Waals surface area contributed by atoms with Crippen LogP contribution in [0.1, 0.15) is 12.5 Å². The van der Waals surface area contributed by atoms with Crippen LogP contribution in [0.4, 0.5) is 5.82 Å². The molecule has 3 aromatic heterocycles. The fourth-order valence-corrected chi connectivity index (χ4v) is 5.04. The van der Waals surface area contributed by atoms with Crippen LogP contribution in [0.2, 0.25) is 5.02 Å². The maximum Gasteiger partial charge on any atom is 0.246 e. The number of amides is 1. The summed E-state index contributed by atoms with van der Waals surface area (Å²) in [6, 6.07) is 3.78. The molecule has 0 spiro atoms. The van der Waals surface area contributed by atoms with E-state index in [-0.39, 0.29) is 18.0 Å². The maximum atomic E-state index is 12.5. The fraction of sp³-hybridized carbons (Fsp3) is 0.304. The second-order valence-electron chi connectivity index (χ2n) is 8.28. The van der Waals surface area contributed by atoms with Gasteiger partial charge >= 0.3 is 0 Å². The number of halogens is 1. The minimum absolute atomic E-state index is 0.0167. The Hall–Kier alpha value is -3.43. The van der Waals surface area contributed by atoms with Crippen LogP contribution >= 0.6 is 11.6 Å². The molecule has 1 aliphatic heterocycles. The summed E-state index contributed by atoms with van der Waals surface area (Å²) in [5, 5.41) is 1.31. The number of aryl methyl sites for hydroxylation is 1. The molecule has 4 heterocycles. The van der Waals surface area contributed by atoms with E-state index < -0.39 is 0 Å². The molecular formula is C23H24ClN7O2. The minimum Gasteiger partial charge on any atom is -0.383 e. The van der Waals surface area contributed by atoms with Crippen molar-refractivity contribution in [1.29, 1.82) is 0 Å². The number of aromatic nitrogens is 5. The lowest BCUT2D eigenvalue weighted by atomic mass is 10.1. The largest absolute Gasteiger partial charge is 0.383 e. The Kier molecular flexibility index (Phi) is 5.30. The van der Waals surface area contributed by atoms with Gasteiger partial charge in [-0.25, -0.2) is 15.0 Å². The second-order valence-corrected chi connectivity index (χ2v) is 8.68. The highest BCUT2D eigenvalue weighted by atomic mass is 35.5. The molecule has 33 heavy (non-hydrogen) atoms. The highest BCUT2D eigenvalue weighted by Crippen LogP contribution is 2.41. The fourth-order valence-electron chi connectivity index (χ4n) is 4.78. The Morgan fingerprint density at radius 2 is 2.15 bits per heavy atom. The number of hydrogen-bond donors (Lipinski definition) is 1. The summed E-state index contributed by atoms with van der Waals surface area (Å²) in [7, 11) is 3.56. The summed E-state index contributed by atoms with van der Waals surface area (Å²) in [5.41, 5.74) is 10.4. The summed E-state index contributed by atoms with van der Waals surface area (Å²) in [5.74, 6) is 0.255. The smallest absolute Gasteiger partial charge is 0.246 e. The number of nitrogen functional groups attached to an aromatic ring is 1. The van der Waals surface area contributed by atoms with Gasteiger partial charge in [-0.1, -0.05) is 18.2 Å². The first-order chi connectivity index (χ1) is 15.9. The zero-order chi connectivity index (χ0) is 23.3. The number of imidazole rings is 1. The molecule has 9 nitrogen and oxygen atoms in total. The molecule has 0 unspecified atom stereocenters. The topological polar surface area (TPSA) is 104 Å². The Balaban J connectivity index is 1.66. The van der Waals surface area contributed by atoms with Gasteiger partial charge in [-0.3, -0.25) is 4.79 Å². The predicted molar refractivity (Wildman–Crippen MR) is 128 cm³/mol. The third-order valence-electron chi connectivity index (χ3n) is 6.35. The number of rotatable bonds is 5. The van der Waals surface area contributed by atoms with Crippen molar-refractivity contribution in [1.82, 2.24) is 29.0 Å². The van der Waals surface area contributed by atoms with E-state index in [2.05, 4.69) is 26.1 Å². The molecule has 0 bridgehead atoms. The first-order valence-corrected chi connectivity index (χ1v) is 10.9. The van der Waals surface area contributed by atoms with Crippen LogP contribution in [-0.4, -0.2) is 61.2 Å². The molecule has 1 aliphatic rings. The number of fused-ring (bicyclic) bond motifs is 2. The van der Waals surface area contributed by atoms with Gasteiger partial charge < -0.3 is 24.5 Å². The molecule has 1 saturated heterocycles. The first-order valence-electron chi connectivity index (χ1n) is 10.6. The number of benzene rings is 1. The zero-order valence-corrected chi connectivity index (χ0v) is 19.2. The summed E-state index contributed by atoms with van der Waals surface area (Å²) in [4.78, 5) is 27.5. The quantitative estimate of drug-likeness (QED) is 0.454. The average molecular weight is 466 g/mol. The first kappa shape index (κ1) is 21.4. The van der Waals surface area contributed by atoms with Crippen molar-refractivity contribution >= 4 is 45.4 Å². The van der Waals surface area contributed by atoms with Crippen LogP contribution in [0, 0.1) is 0 Å². The van der Waals surface area contributed by atoms with Gasteiger partial charge in [0.1, 0.15) is 17.8 Å². The highest BCUT2D eigenvalue weighted by molar-refractivity contribution is 6.34. The van der Waals surface area contributed by atoms with Gasteiger partial charge in [-0.2, -0.15) is 0 Å². The van der Waals surface area contributed by atoms with Gasteiger partial charge in [0.2, 0.25) is 5.91 Å². The Morgan fingerprint density at radius 1 is 1.33 bits per heavy atom. The minimum atomic E-state index is -0.117. The molecule has 0 radical (unpaired) electrons. The van der Waals surface area contributed by atoms with Gasteiger partial charge in [-0.05, 0) is 24.6 Å². The lowest BCUT2D eigenvalue weighted by molar-refractivity contribution is -0.127. The molecule has 2 N–H and O–H groups in total. The van der Waals surface area contributed by atoms with Crippen molar-refractivity contribution < 1.29 is 9.53 Å². The number of nitrogens with zero attached hydrogens (tertiary/aromatic N) is 6. The molecule has 0 aliphatic carbocycles. The van der Waals surface area contributed by atoms with Gasteiger partial charge in [0.15, 0.2) is 0 Å². The van der Waals surface area contributed by atoms with E-state index in [1.807, 2.05) is 29.9 Å². The standard InChI is InChI=1S/C23H24ClN7O2/c1-4-20(32)30-8-13(5-14(30)10-33-3)31-9-16(21-22(25)26-11-27-23(21)31)15-6-18-19(7-17(15)24)29(2)12-28-18/h4,6-7,9,11-14H,1,5,8,10H2,2-3H3,(H2,25,26,27)/t13-,14+/m0/s1. The number of hydrogen-bond acceptors (Lipinski definition) is 6. The van der Waals surface area contributed by atoms with Crippen molar-refractivity contribution in [3.63, 3.8) is 0 Å². The molecule has 1 amide bonds. The average Bonchev–Trinajstić information content (AvgIpc) is 3.49. The van der Waals surface area contributed by atoms with Crippen molar-refractivity contribution in [3.8, 4) is 11.1 Å². The van der Waals surface area contributed by atoms with E-state index in [0.29, 0.717) is 36.1 Å². The van der Waals surface area contributed by atoms with Gasteiger partial charge in [0, 0.05) is 38.0 Å². The third-order valence-corrected chi connectivity index (χ3v) is 6.66. The predicted octanol–water partition coefficient (Wildman–Crippen LogP) is 3.20. The monoisotopic (exact) mass is 465 g/mol. The van der Waals surface area contributed by atoms with Crippen molar-refractivity contribution in [3.05, 3.63) is 48.7 Å². The summed E-state index contributed by atoms with van der Waals surface area (Å²) < 4.78 is 9.36. The van der Waals surface area contributed by atoms with E-state index in [0.717, 1.165) is 27.5 Å². The lowest BCUT2D eigenvalue weighted by Gasteiger charge is -2.22. The molecule has 2 atom stereocenters. The Morgan fingerprint density at radius 3 is 2.91 bits per heavy atom. The number of carbonyl (C=O) groups excluding carboxylic acids is 1. The SMILES string of the molecule is C=CC(=O)N1C[C@@H](n2cc(-c3cc4ncn(C)c4cc3Cl)c3c(N)ncnc32)C[C@@H]1COC. The highest BCUT2D eigenvalue weighted by Gasteiger charge is 2.36. The number of nitrogens with two attached hydrogens (primary N) is 1. The summed E-state index contributed by atoms with van der Waals surface area (Å²) in [6.07, 6.45) is 7.27. The van der Waals surface area contributed by atoms with Crippen LogP contribution in [0.25, 0.3) is 33.2 Å². The maximum absolute atomic E-state index is 12.5. The van der Waals surface area contributed by atoms with Crippen LogP contribution < -0.4 is 5.73 Å². The summed E-state index contributed by atoms with van der Waals surface area (Å²) in [6.45, 7) is 4.60. The number of likely N-dealkylation sites (tertiary alicyclic amines) is 1. The van der Waals surface area contributed by atoms with Crippen molar-refractivity contribution in [2.24, 2.45) is 7.05 Å². The Bertz CT molecular complexity index is 1390. The third kappa shape index (κ3) is 3.44. The molecule has 0 saturated carbocycles. The van der Waals surface area contributed by atoms with Crippen LogP contribution in [0.15, 0.2) is 43.6 Å². The molecule has 5 rings (SSSR count). The second kappa shape index (κ2) is 8.17. The number of ether oxygens (including phenoxy) is 1. The van der Waals surface area contributed by atoms with Gasteiger partial charge in [0.05, 0.1) is 46.5 Å². The molecule has 10 heteroatoms. The lowest BCUT2D eigenvalue weighted by Crippen LogP contribution is -2.37. The van der Waals surface area contributed by atoms with E-state index in [1.165, 1.54) is 12.4 Å². The Labute approximate surface area is 195 Å². The van der Waals surface area contributed by atoms with E-state index in [1.54, 1.807) is 18.3 Å². The van der Waals surface area contributed by atoms with Crippen molar-refractivity contribution in [2.75, 3.05) is 26.0 Å². The number of carbonyl (C=O) groups is 1. The van der Waals surface area contributed by atoms with Crippen LogP contribution in [-0.2, 0) is 16.6 Å². The van der Waals surface area contributed by atoms with Crippen LogP contribution in [0.3, 0.4) is 0 Å². The molecule has 4 aromatic rings.